The van der Waals surface area contributed by atoms with Crippen LogP contribution in [0.5, 0.6) is 0 Å². The summed E-state index contributed by atoms with van der Waals surface area (Å²) >= 11 is 13.3. The molecule has 230 valence electrons. The Balaban J connectivity index is 1.69. The molecule has 0 saturated carbocycles. The fourth-order valence-electron chi connectivity index (χ4n) is 4.05. The highest BCUT2D eigenvalue weighted by Crippen LogP contribution is 2.27. The molecular formula is C29H38Cl2N4O6S. The Bertz CT molecular complexity index is 1240. The molecule has 2 aromatic rings. The van der Waals surface area contributed by atoms with Gasteiger partial charge in [0.05, 0.1) is 35.0 Å². The van der Waals surface area contributed by atoms with Crippen LogP contribution in [-0.4, -0.2) is 80.8 Å². The van der Waals surface area contributed by atoms with E-state index < -0.39 is 29.1 Å². The van der Waals surface area contributed by atoms with Crippen LogP contribution in [0.2, 0.25) is 10.0 Å². The molecule has 1 atom stereocenters. The van der Waals surface area contributed by atoms with Crippen LogP contribution in [0.3, 0.4) is 0 Å². The van der Waals surface area contributed by atoms with Gasteiger partial charge < -0.3 is 14.2 Å². The van der Waals surface area contributed by atoms with Crippen molar-refractivity contribution in [1.82, 2.24) is 19.4 Å². The minimum Gasteiger partial charge on any atom is -0.459 e. The van der Waals surface area contributed by atoms with Crippen LogP contribution in [0.15, 0.2) is 35.4 Å². The minimum atomic E-state index is -1.41. The van der Waals surface area contributed by atoms with Crippen LogP contribution in [0.1, 0.15) is 65.6 Å². The van der Waals surface area contributed by atoms with Gasteiger partial charge in [0, 0.05) is 38.5 Å². The number of morpholine rings is 1. The Labute approximate surface area is 261 Å². The first-order chi connectivity index (χ1) is 19.5. The molecule has 3 rings (SSSR count). The molecule has 1 saturated heterocycles. The first-order valence-electron chi connectivity index (χ1n) is 13.5. The lowest BCUT2D eigenvalue weighted by Crippen LogP contribution is -2.46. The third kappa shape index (κ3) is 10.7. The van der Waals surface area contributed by atoms with Crippen molar-refractivity contribution in [3.63, 3.8) is 0 Å². The lowest BCUT2D eigenvalue weighted by molar-refractivity contribution is -0.169. The maximum atomic E-state index is 13.0. The third-order valence-corrected chi connectivity index (χ3v) is 7.55. The van der Waals surface area contributed by atoms with Crippen LogP contribution in [-0.2, 0) is 35.1 Å². The van der Waals surface area contributed by atoms with E-state index in [1.165, 1.54) is 13.0 Å². The van der Waals surface area contributed by atoms with Crippen molar-refractivity contribution in [3.05, 3.63) is 51.6 Å². The van der Waals surface area contributed by atoms with Gasteiger partial charge in [0.15, 0.2) is 5.92 Å². The molecule has 2 heterocycles. The Morgan fingerprint density at radius 2 is 1.67 bits per heavy atom. The Kier molecular flexibility index (Phi) is 11.6. The van der Waals surface area contributed by atoms with E-state index in [0.29, 0.717) is 41.3 Å². The van der Waals surface area contributed by atoms with E-state index in [4.69, 9.17) is 37.4 Å². The number of aromatic nitrogens is 2. The number of halogens is 2. The first-order valence-corrected chi connectivity index (χ1v) is 15.1. The molecule has 0 spiro atoms. The van der Waals surface area contributed by atoms with Gasteiger partial charge in [-0.25, -0.2) is 0 Å². The van der Waals surface area contributed by atoms with Gasteiger partial charge >= 0.3 is 11.9 Å². The molecule has 1 aromatic heterocycles. The van der Waals surface area contributed by atoms with Gasteiger partial charge in [0.25, 0.3) is 0 Å². The van der Waals surface area contributed by atoms with Crippen molar-refractivity contribution >= 4 is 53.0 Å². The van der Waals surface area contributed by atoms with Crippen LogP contribution in [0, 0.1) is 0 Å². The van der Waals surface area contributed by atoms with Gasteiger partial charge in [-0.3, -0.25) is 23.6 Å². The largest absolute Gasteiger partial charge is 0.459 e. The quantitative estimate of drug-likeness (QED) is 0.203. The van der Waals surface area contributed by atoms with Crippen LogP contribution in [0.25, 0.3) is 0 Å². The van der Waals surface area contributed by atoms with E-state index in [1.807, 2.05) is 12.1 Å². The fraction of sp³-hybridized carbons (Fsp3) is 0.552. The van der Waals surface area contributed by atoms with Crippen molar-refractivity contribution < 1.29 is 28.6 Å². The summed E-state index contributed by atoms with van der Waals surface area (Å²) in [4.78, 5) is 40.7. The van der Waals surface area contributed by atoms with E-state index in [2.05, 4.69) is 15.1 Å². The molecule has 1 aliphatic heterocycles. The molecule has 1 fully saturated rings. The number of esters is 2. The van der Waals surface area contributed by atoms with Gasteiger partial charge in [0.2, 0.25) is 5.91 Å². The van der Waals surface area contributed by atoms with E-state index in [9.17, 15) is 14.4 Å². The molecule has 0 N–H and O–H groups in total. The summed E-state index contributed by atoms with van der Waals surface area (Å²) in [6.45, 7) is 14.6. The summed E-state index contributed by atoms with van der Waals surface area (Å²) in [6.07, 6.45) is -0.228. The molecule has 1 aliphatic rings. The topological polar surface area (TPSA) is 111 Å². The summed E-state index contributed by atoms with van der Waals surface area (Å²) in [6, 6.07) is 8.69. The molecule has 10 nitrogen and oxygen atoms in total. The highest BCUT2D eigenvalue weighted by molar-refractivity contribution is 7.97. The summed E-state index contributed by atoms with van der Waals surface area (Å²) in [7, 11) is 0. The molecular weight excluding hydrogens is 603 g/mol. The van der Waals surface area contributed by atoms with E-state index in [0.717, 1.165) is 24.1 Å². The van der Waals surface area contributed by atoms with Crippen molar-refractivity contribution in [1.29, 1.82) is 0 Å². The van der Waals surface area contributed by atoms with Gasteiger partial charge in [-0.2, -0.15) is 5.10 Å². The summed E-state index contributed by atoms with van der Waals surface area (Å²) in [5.74, 6) is -3.15. The van der Waals surface area contributed by atoms with Gasteiger partial charge in [0.1, 0.15) is 16.2 Å². The predicted octanol–water partition coefficient (Wildman–Crippen LogP) is 5.31. The van der Waals surface area contributed by atoms with Crippen molar-refractivity contribution in [2.45, 2.75) is 83.3 Å². The Morgan fingerprint density at radius 3 is 2.19 bits per heavy atom. The second-order valence-electron chi connectivity index (χ2n) is 11.9. The average Bonchev–Trinajstić information content (AvgIpc) is 2.85. The number of hydrogen-bond acceptors (Lipinski definition) is 10. The lowest BCUT2D eigenvalue weighted by atomic mass is 10.0. The Hall–Kier alpha value is -2.44. The van der Waals surface area contributed by atoms with E-state index in [1.54, 1.807) is 58.0 Å². The van der Waals surface area contributed by atoms with Crippen molar-refractivity contribution in [2.75, 3.05) is 26.2 Å². The maximum Gasteiger partial charge on any atom is 0.327 e. The highest BCUT2D eigenvalue weighted by atomic mass is 35.5. The molecule has 0 radical (unpaired) electrons. The molecule has 0 aliphatic carbocycles. The van der Waals surface area contributed by atoms with Crippen LogP contribution >= 0.6 is 35.1 Å². The standard InChI is InChI=1S/C29H38Cl2N4O6S/c1-18(36)35(17-20-16-34(12-13-39-20)15-19-8-9-21(30)22(31)14-19)42-24-11-10-23(32-33-24)25(26(37)40-28(2,3)4)27(38)41-29(5,6)7/h8-11,14,20,25H,12-13,15-17H2,1-7H3/t20-/m0/s1. The smallest absolute Gasteiger partial charge is 0.327 e. The normalized spacial score (nSPS) is 16.3. The number of ether oxygens (including phenoxy) is 3. The lowest BCUT2D eigenvalue weighted by Gasteiger charge is -2.35. The van der Waals surface area contributed by atoms with E-state index in [-0.39, 0.29) is 17.7 Å². The number of benzene rings is 1. The summed E-state index contributed by atoms with van der Waals surface area (Å²) in [5.41, 5.74) is -0.511. The number of nitrogens with zero attached hydrogens (tertiary/aromatic N) is 4. The number of carbonyl (C=O) groups is 3. The molecule has 0 bridgehead atoms. The fourth-order valence-corrected chi connectivity index (χ4v) is 5.17. The number of amides is 1. The third-order valence-electron chi connectivity index (χ3n) is 5.78. The second kappa shape index (κ2) is 14.4. The monoisotopic (exact) mass is 640 g/mol. The Morgan fingerprint density at radius 1 is 1.02 bits per heavy atom. The predicted molar refractivity (Wildman–Crippen MR) is 161 cm³/mol. The van der Waals surface area contributed by atoms with Gasteiger partial charge in [-0.05, 0) is 71.4 Å². The average molecular weight is 642 g/mol. The zero-order valence-electron chi connectivity index (χ0n) is 25.0. The van der Waals surface area contributed by atoms with E-state index >= 15 is 0 Å². The first kappa shape index (κ1) is 34.1. The van der Waals surface area contributed by atoms with Crippen LogP contribution < -0.4 is 0 Å². The van der Waals surface area contributed by atoms with Crippen molar-refractivity contribution in [3.8, 4) is 0 Å². The summed E-state index contributed by atoms with van der Waals surface area (Å²) < 4.78 is 18.4. The number of rotatable bonds is 9. The number of carbonyl (C=O) groups excluding carboxylic acids is 3. The molecule has 13 heteroatoms. The van der Waals surface area contributed by atoms with Crippen LogP contribution in [0.4, 0.5) is 0 Å². The minimum absolute atomic E-state index is 0.0887. The summed E-state index contributed by atoms with van der Waals surface area (Å²) in [5, 5.41) is 9.76. The zero-order chi connectivity index (χ0) is 31.2. The van der Waals surface area contributed by atoms with Gasteiger partial charge in [-0.15, -0.1) is 5.10 Å². The maximum absolute atomic E-state index is 13.0. The highest BCUT2D eigenvalue weighted by Gasteiger charge is 2.38. The molecule has 42 heavy (non-hydrogen) atoms. The van der Waals surface area contributed by atoms with Crippen molar-refractivity contribution in [2.24, 2.45) is 0 Å². The zero-order valence-corrected chi connectivity index (χ0v) is 27.3. The second-order valence-corrected chi connectivity index (χ2v) is 13.8. The molecule has 1 aromatic carbocycles. The number of hydrogen-bond donors (Lipinski definition) is 0. The molecule has 1 amide bonds. The molecule has 0 unspecified atom stereocenters. The SMILES string of the molecule is CC(=O)N(C[C@@H]1CN(Cc2ccc(Cl)c(Cl)c2)CCO1)Sc1ccc(C(C(=O)OC(C)(C)C)C(=O)OC(C)(C)C)nn1. The van der Waals surface area contributed by atoms with Gasteiger partial charge in [-0.1, -0.05) is 29.3 Å².